The van der Waals surface area contributed by atoms with Crippen LogP contribution in [0.25, 0.3) is 0 Å². The van der Waals surface area contributed by atoms with Crippen molar-refractivity contribution >= 4 is 33.0 Å². The Morgan fingerprint density at radius 3 is 2.81 bits per heavy atom. The van der Waals surface area contributed by atoms with Crippen molar-refractivity contribution in [2.24, 2.45) is 5.92 Å². The van der Waals surface area contributed by atoms with E-state index >= 15 is 0 Å². The highest BCUT2D eigenvalue weighted by atomic mass is 35.5. The molecule has 1 aliphatic heterocycles. The van der Waals surface area contributed by atoms with Crippen LogP contribution < -0.4 is 0 Å². The Hall–Kier alpha value is -0.100. The van der Waals surface area contributed by atoms with Crippen LogP contribution in [-0.2, 0) is 10.0 Å². The molecular weight excluding hydrogens is 266 g/mol. The monoisotopic (exact) mass is 279 g/mol. The minimum Gasteiger partial charge on any atom is -0.206 e. The largest absolute Gasteiger partial charge is 0.252 e. The molecule has 0 amide bonds. The molecule has 6 heteroatoms. The van der Waals surface area contributed by atoms with Gasteiger partial charge in [0.05, 0.1) is 0 Å². The second kappa shape index (κ2) is 4.64. The quantitative estimate of drug-likeness (QED) is 0.796. The van der Waals surface area contributed by atoms with Gasteiger partial charge in [0.1, 0.15) is 4.21 Å². The topological polar surface area (TPSA) is 37.4 Å². The van der Waals surface area contributed by atoms with E-state index in [1.165, 1.54) is 11.3 Å². The van der Waals surface area contributed by atoms with Crippen LogP contribution in [0.2, 0.25) is 0 Å². The third-order valence-electron chi connectivity index (χ3n) is 2.78. The number of rotatable bonds is 3. The van der Waals surface area contributed by atoms with E-state index in [9.17, 15) is 8.42 Å². The van der Waals surface area contributed by atoms with E-state index < -0.39 is 10.0 Å². The molecular formula is C10H14ClNO2S2. The number of hydrogen-bond donors (Lipinski definition) is 0. The van der Waals surface area contributed by atoms with Gasteiger partial charge in [-0.25, -0.2) is 8.42 Å². The van der Waals surface area contributed by atoms with Crippen LogP contribution in [-0.4, -0.2) is 31.7 Å². The molecule has 0 radical (unpaired) electrons. The molecule has 1 aromatic rings. The first-order chi connectivity index (χ1) is 7.54. The Kier molecular flexibility index (Phi) is 3.59. The number of aryl methyl sites for hydroxylation is 1. The van der Waals surface area contributed by atoms with Gasteiger partial charge in [-0.1, -0.05) is 0 Å². The van der Waals surface area contributed by atoms with E-state index in [0.29, 0.717) is 29.1 Å². The molecule has 0 bridgehead atoms. The fourth-order valence-corrected chi connectivity index (χ4v) is 5.04. The van der Waals surface area contributed by atoms with E-state index in [2.05, 4.69) is 0 Å². The Morgan fingerprint density at radius 1 is 1.56 bits per heavy atom. The summed E-state index contributed by atoms with van der Waals surface area (Å²) in [6.07, 6.45) is 0.868. The van der Waals surface area contributed by atoms with Crippen molar-refractivity contribution in [3.05, 3.63) is 17.0 Å². The first-order valence-electron chi connectivity index (χ1n) is 5.16. The van der Waals surface area contributed by atoms with Crippen molar-refractivity contribution in [1.82, 2.24) is 4.31 Å². The maximum Gasteiger partial charge on any atom is 0.252 e. The molecule has 1 aliphatic rings. The van der Waals surface area contributed by atoms with Gasteiger partial charge in [-0.2, -0.15) is 4.31 Å². The van der Waals surface area contributed by atoms with Crippen molar-refractivity contribution in [2.75, 3.05) is 19.0 Å². The Balaban J connectivity index is 2.21. The first kappa shape index (κ1) is 12.4. The minimum atomic E-state index is -3.27. The van der Waals surface area contributed by atoms with Crippen LogP contribution >= 0.6 is 22.9 Å². The lowest BCUT2D eigenvalue weighted by Gasteiger charge is -2.14. The summed E-state index contributed by atoms with van der Waals surface area (Å²) in [6, 6.07) is 3.52. The van der Waals surface area contributed by atoms with Crippen molar-refractivity contribution < 1.29 is 8.42 Å². The lowest BCUT2D eigenvalue weighted by molar-refractivity contribution is 0.467. The third-order valence-corrected chi connectivity index (χ3v) is 6.55. The summed E-state index contributed by atoms with van der Waals surface area (Å²) < 4.78 is 26.4. The summed E-state index contributed by atoms with van der Waals surface area (Å²) in [5.41, 5.74) is 0. The second-order valence-electron chi connectivity index (χ2n) is 4.04. The third kappa shape index (κ3) is 2.27. The molecule has 0 saturated carbocycles. The molecule has 2 rings (SSSR count). The Labute approximate surface area is 105 Å². The van der Waals surface area contributed by atoms with Crippen molar-refractivity contribution in [3.8, 4) is 0 Å². The van der Waals surface area contributed by atoms with Crippen LogP contribution in [0.4, 0.5) is 0 Å². The smallest absolute Gasteiger partial charge is 0.206 e. The van der Waals surface area contributed by atoms with Crippen LogP contribution in [0.3, 0.4) is 0 Å². The second-order valence-corrected chi connectivity index (χ2v) is 7.80. The van der Waals surface area contributed by atoms with Gasteiger partial charge in [0, 0.05) is 23.8 Å². The highest BCUT2D eigenvalue weighted by Gasteiger charge is 2.32. The van der Waals surface area contributed by atoms with Crippen LogP contribution in [0.5, 0.6) is 0 Å². The number of thiophene rings is 1. The molecule has 0 N–H and O–H groups in total. The average molecular weight is 280 g/mol. The molecule has 1 aromatic heterocycles. The lowest BCUT2D eigenvalue weighted by Crippen LogP contribution is -2.28. The van der Waals surface area contributed by atoms with E-state index in [1.54, 1.807) is 10.4 Å². The van der Waals surface area contributed by atoms with E-state index in [-0.39, 0.29) is 0 Å². The molecule has 16 heavy (non-hydrogen) atoms. The number of nitrogens with zero attached hydrogens (tertiary/aromatic N) is 1. The van der Waals surface area contributed by atoms with Gasteiger partial charge >= 0.3 is 0 Å². The highest BCUT2D eigenvalue weighted by Crippen LogP contribution is 2.28. The maximum absolute atomic E-state index is 12.2. The first-order valence-corrected chi connectivity index (χ1v) is 7.95. The Morgan fingerprint density at radius 2 is 2.31 bits per heavy atom. The van der Waals surface area contributed by atoms with E-state index in [4.69, 9.17) is 11.6 Å². The molecule has 0 aromatic carbocycles. The average Bonchev–Trinajstić information content (AvgIpc) is 2.85. The number of sulfonamides is 1. The summed E-state index contributed by atoms with van der Waals surface area (Å²) in [6.45, 7) is 3.06. The zero-order valence-corrected chi connectivity index (χ0v) is 11.4. The predicted molar refractivity (Wildman–Crippen MR) is 66.6 cm³/mol. The summed E-state index contributed by atoms with van der Waals surface area (Å²) >= 11 is 7.08. The van der Waals surface area contributed by atoms with Crippen LogP contribution in [0, 0.1) is 12.8 Å². The van der Waals surface area contributed by atoms with Crippen molar-refractivity contribution in [3.63, 3.8) is 0 Å². The van der Waals surface area contributed by atoms with Gasteiger partial charge < -0.3 is 0 Å². The zero-order chi connectivity index (χ0) is 11.8. The molecule has 2 heterocycles. The summed E-state index contributed by atoms with van der Waals surface area (Å²) in [4.78, 5) is 1.02. The molecule has 90 valence electrons. The SMILES string of the molecule is Cc1ccc(S(=O)(=O)N2CCC(CCl)C2)s1. The highest BCUT2D eigenvalue weighted by molar-refractivity contribution is 7.91. The lowest BCUT2D eigenvalue weighted by atomic mass is 10.2. The number of hydrogen-bond acceptors (Lipinski definition) is 3. The molecule has 1 fully saturated rings. The molecule has 1 atom stereocenters. The molecule has 1 unspecified atom stereocenters. The minimum absolute atomic E-state index is 0.303. The van der Waals surface area contributed by atoms with Gasteiger partial charge in [0.2, 0.25) is 0 Å². The molecule has 0 spiro atoms. The van der Waals surface area contributed by atoms with Gasteiger partial charge in [0.15, 0.2) is 0 Å². The van der Waals surface area contributed by atoms with E-state index in [1.807, 2.05) is 13.0 Å². The summed E-state index contributed by atoms with van der Waals surface area (Å²) in [5, 5.41) is 0. The van der Waals surface area contributed by atoms with Crippen molar-refractivity contribution in [1.29, 1.82) is 0 Å². The fourth-order valence-electron chi connectivity index (χ4n) is 1.82. The predicted octanol–water partition coefficient (Wildman–Crippen LogP) is 2.31. The zero-order valence-electron chi connectivity index (χ0n) is 9.02. The van der Waals surface area contributed by atoms with Crippen LogP contribution in [0.15, 0.2) is 16.3 Å². The van der Waals surface area contributed by atoms with Gasteiger partial charge in [0.25, 0.3) is 10.0 Å². The summed E-state index contributed by atoms with van der Waals surface area (Å²) in [7, 11) is -3.27. The van der Waals surface area contributed by atoms with Gasteiger partial charge in [-0.05, 0) is 31.4 Å². The fraction of sp³-hybridized carbons (Fsp3) is 0.600. The van der Waals surface area contributed by atoms with Crippen LogP contribution in [0.1, 0.15) is 11.3 Å². The molecule has 0 aliphatic carbocycles. The van der Waals surface area contributed by atoms with E-state index in [0.717, 1.165) is 11.3 Å². The maximum atomic E-state index is 12.2. The molecule has 3 nitrogen and oxygen atoms in total. The molecule has 1 saturated heterocycles. The normalized spacial score (nSPS) is 22.8. The number of halogens is 1. The van der Waals surface area contributed by atoms with Gasteiger partial charge in [-0.3, -0.25) is 0 Å². The van der Waals surface area contributed by atoms with Crippen molar-refractivity contribution in [2.45, 2.75) is 17.6 Å². The van der Waals surface area contributed by atoms with Gasteiger partial charge in [-0.15, -0.1) is 22.9 Å². The standard InChI is InChI=1S/C10H14ClNO2S2/c1-8-2-3-10(15-8)16(13,14)12-5-4-9(6-11)7-12/h2-3,9H,4-7H2,1H3. The number of alkyl halides is 1. The summed E-state index contributed by atoms with van der Waals surface area (Å²) in [5.74, 6) is 0.840. The Bertz CT molecular complexity index is 469.